The van der Waals surface area contributed by atoms with E-state index in [1.807, 2.05) is 74.5 Å². The second kappa shape index (κ2) is 13.6. The molecule has 0 aliphatic rings. The zero-order valence-electron chi connectivity index (χ0n) is 20.7. The van der Waals surface area contributed by atoms with Gasteiger partial charge < -0.3 is 18.9 Å². The molecule has 0 aliphatic carbocycles. The molecule has 2 amide bonds. The summed E-state index contributed by atoms with van der Waals surface area (Å²) in [6, 6.07) is 23.8. The maximum Gasteiger partial charge on any atom is 0.409 e. The third-order valence-electron chi connectivity index (χ3n) is 5.04. The van der Waals surface area contributed by atoms with Crippen LogP contribution in [0, 0.1) is 5.92 Å². The minimum absolute atomic E-state index is 0.0865. The van der Waals surface area contributed by atoms with E-state index in [-0.39, 0.29) is 13.2 Å². The molecule has 0 bridgehead atoms. The lowest BCUT2D eigenvalue weighted by molar-refractivity contribution is 0.122. The Kier molecular flexibility index (Phi) is 10.00. The van der Waals surface area contributed by atoms with Crippen LogP contribution in [0.5, 0.6) is 11.5 Å². The average molecular weight is 493 g/mol. The van der Waals surface area contributed by atoms with Crippen LogP contribution in [0.3, 0.4) is 0 Å². The molecular formula is C28H32N2O6. The van der Waals surface area contributed by atoms with Crippen molar-refractivity contribution in [2.24, 2.45) is 5.92 Å². The molecule has 3 aromatic rings. The molecule has 2 N–H and O–H groups in total. The summed E-state index contributed by atoms with van der Waals surface area (Å²) in [4.78, 5) is 25.2. The van der Waals surface area contributed by atoms with E-state index < -0.39 is 18.4 Å². The topological polar surface area (TPSA) is 95.1 Å². The number of nitrogens with one attached hydrogen (secondary N) is 2. The molecule has 0 heterocycles. The molecule has 0 unspecified atom stereocenters. The molecule has 3 aromatic carbocycles. The summed E-state index contributed by atoms with van der Waals surface area (Å²) in [6.07, 6.45) is -2.35. The van der Waals surface area contributed by atoms with Crippen molar-refractivity contribution in [3.63, 3.8) is 0 Å². The monoisotopic (exact) mass is 492 g/mol. The van der Waals surface area contributed by atoms with Gasteiger partial charge in [-0.1, -0.05) is 80.6 Å². The van der Waals surface area contributed by atoms with Gasteiger partial charge in [-0.3, -0.25) is 10.6 Å². The summed E-state index contributed by atoms with van der Waals surface area (Å²) in [7, 11) is 1.53. The highest BCUT2D eigenvalue weighted by molar-refractivity contribution is 5.71. The van der Waals surface area contributed by atoms with Gasteiger partial charge >= 0.3 is 12.2 Å². The number of methoxy groups -OCH3 is 1. The summed E-state index contributed by atoms with van der Waals surface area (Å²) in [6.45, 7) is 4.79. The maximum atomic E-state index is 12.6. The summed E-state index contributed by atoms with van der Waals surface area (Å²) in [5.41, 5.74) is 2.23. The van der Waals surface area contributed by atoms with Crippen molar-refractivity contribution in [1.29, 1.82) is 0 Å². The molecule has 0 atom stereocenters. The van der Waals surface area contributed by atoms with Crippen LogP contribution in [0.1, 0.15) is 36.7 Å². The minimum Gasteiger partial charge on any atom is -0.493 e. The number of carbonyl (C=O) groups excluding carboxylic acids is 2. The number of ether oxygens (including phenoxy) is 4. The van der Waals surface area contributed by atoms with Crippen LogP contribution in [-0.4, -0.2) is 25.9 Å². The molecule has 0 aromatic heterocycles. The minimum atomic E-state index is -0.940. The number of rotatable bonds is 11. The predicted octanol–water partition coefficient (Wildman–Crippen LogP) is 5.58. The summed E-state index contributed by atoms with van der Waals surface area (Å²) < 4.78 is 22.0. The standard InChI is InChI=1S/C28H32N2O6/c1-20(2)17-34-24-15-14-23(16-25(24)33-3)26(29-27(31)35-18-21-10-6-4-7-11-21)30-28(32)36-19-22-12-8-5-9-13-22/h4-16,20,26H,17-19H2,1-3H3,(H,29,31)(H,30,32). The number of carbonyl (C=O) groups is 2. The Bertz CT molecular complexity index is 1050. The normalized spacial score (nSPS) is 10.6. The molecule has 190 valence electrons. The molecule has 0 radical (unpaired) electrons. The summed E-state index contributed by atoms with van der Waals surface area (Å²) in [5.74, 6) is 1.37. The van der Waals surface area contributed by atoms with Gasteiger partial charge in [-0.25, -0.2) is 9.59 Å². The van der Waals surface area contributed by atoms with Gasteiger partial charge in [0.2, 0.25) is 0 Å². The Morgan fingerprint density at radius 3 is 1.75 bits per heavy atom. The van der Waals surface area contributed by atoms with Crippen molar-refractivity contribution in [3.05, 3.63) is 95.6 Å². The van der Waals surface area contributed by atoms with Crippen LogP contribution in [0.4, 0.5) is 9.59 Å². The SMILES string of the molecule is COc1cc(C(NC(=O)OCc2ccccc2)NC(=O)OCc2ccccc2)ccc1OCC(C)C. The van der Waals surface area contributed by atoms with Crippen LogP contribution in [0.15, 0.2) is 78.9 Å². The third kappa shape index (κ3) is 8.54. The van der Waals surface area contributed by atoms with E-state index in [2.05, 4.69) is 10.6 Å². The molecule has 0 aliphatic heterocycles. The highest BCUT2D eigenvalue weighted by Crippen LogP contribution is 2.30. The van der Waals surface area contributed by atoms with Crippen molar-refractivity contribution in [1.82, 2.24) is 10.6 Å². The quantitative estimate of drug-likeness (QED) is 0.339. The molecule has 0 spiro atoms. The lowest BCUT2D eigenvalue weighted by atomic mass is 10.1. The Hall–Kier alpha value is -4.20. The van der Waals surface area contributed by atoms with Gasteiger partial charge in [-0.2, -0.15) is 0 Å². The van der Waals surface area contributed by atoms with E-state index in [9.17, 15) is 9.59 Å². The third-order valence-corrected chi connectivity index (χ3v) is 5.04. The maximum absolute atomic E-state index is 12.6. The molecule has 8 nitrogen and oxygen atoms in total. The van der Waals surface area contributed by atoms with Gasteiger partial charge in [0.25, 0.3) is 0 Å². The van der Waals surface area contributed by atoms with Crippen molar-refractivity contribution in [2.75, 3.05) is 13.7 Å². The summed E-state index contributed by atoms with van der Waals surface area (Å²) >= 11 is 0. The first-order valence-electron chi connectivity index (χ1n) is 11.7. The molecule has 36 heavy (non-hydrogen) atoms. The van der Waals surface area contributed by atoms with Crippen LogP contribution in [-0.2, 0) is 22.7 Å². The van der Waals surface area contributed by atoms with Gasteiger partial charge in [-0.05, 0) is 34.7 Å². The number of amides is 2. The zero-order valence-corrected chi connectivity index (χ0v) is 20.7. The molecule has 0 saturated carbocycles. The second-order valence-electron chi connectivity index (χ2n) is 8.46. The van der Waals surface area contributed by atoms with Crippen LogP contribution >= 0.6 is 0 Å². The van der Waals surface area contributed by atoms with Crippen LogP contribution < -0.4 is 20.1 Å². The first-order chi connectivity index (χ1) is 17.4. The van der Waals surface area contributed by atoms with Gasteiger partial charge in [0.05, 0.1) is 13.7 Å². The Morgan fingerprint density at radius 1 is 0.750 bits per heavy atom. The largest absolute Gasteiger partial charge is 0.493 e. The van der Waals surface area contributed by atoms with Crippen molar-refractivity contribution in [2.45, 2.75) is 33.2 Å². The molecule has 8 heteroatoms. The fourth-order valence-electron chi connectivity index (χ4n) is 3.21. The Balaban J connectivity index is 1.72. The highest BCUT2D eigenvalue weighted by Gasteiger charge is 2.21. The molecule has 3 rings (SSSR count). The van der Waals surface area contributed by atoms with Gasteiger partial charge in [0.1, 0.15) is 19.4 Å². The predicted molar refractivity (Wildman–Crippen MR) is 136 cm³/mol. The fraction of sp³-hybridized carbons (Fsp3) is 0.286. The second-order valence-corrected chi connectivity index (χ2v) is 8.46. The molecule has 0 fully saturated rings. The van der Waals surface area contributed by atoms with E-state index in [4.69, 9.17) is 18.9 Å². The first-order valence-corrected chi connectivity index (χ1v) is 11.7. The van der Waals surface area contributed by atoms with Crippen molar-refractivity contribution < 1.29 is 28.5 Å². The Morgan fingerprint density at radius 2 is 1.28 bits per heavy atom. The van der Waals surface area contributed by atoms with E-state index in [0.29, 0.717) is 29.6 Å². The lowest BCUT2D eigenvalue weighted by Gasteiger charge is -2.22. The first kappa shape index (κ1) is 26.4. The molecular weight excluding hydrogens is 460 g/mol. The van der Waals surface area contributed by atoms with Crippen LogP contribution in [0.2, 0.25) is 0 Å². The molecule has 0 saturated heterocycles. The fourth-order valence-corrected chi connectivity index (χ4v) is 3.21. The lowest BCUT2D eigenvalue weighted by Crippen LogP contribution is -2.41. The van der Waals surface area contributed by atoms with Crippen LogP contribution in [0.25, 0.3) is 0 Å². The zero-order chi connectivity index (χ0) is 25.8. The van der Waals surface area contributed by atoms with E-state index in [1.165, 1.54) is 7.11 Å². The van der Waals surface area contributed by atoms with Gasteiger partial charge in [-0.15, -0.1) is 0 Å². The number of hydrogen-bond acceptors (Lipinski definition) is 6. The summed E-state index contributed by atoms with van der Waals surface area (Å²) in [5, 5.41) is 5.37. The average Bonchev–Trinajstić information content (AvgIpc) is 2.90. The van der Waals surface area contributed by atoms with Gasteiger partial charge in [0, 0.05) is 0 Å². The van der Waals surface area contributed by atoms with Crippen molar-refractivity contribution in [3.8, 4) is 11.5 Å². The van der Waals surface area contributed by atoms with E-state index in [0.717, 1.165) is 11.1 Å². The van der Waals surface area contributed by atoms with E-state index in [1.54, 1.807) is 18.2 Å². The van der Waals surface area contributed by atoms with E-state index >= 15 is 0 Å². The Labute approximate surface area is 211 Å². The van der Waals surface area contributed by atoms with Gasteiger partial charge in [0.15, 0.2) is 11.5 Å². The smallest absolute Gasteiger partial charge is 0.409 e. The van der Waals surface area contributed by atoms with Crippen molar-refractivity contribution >= 4 is 12.2 Å². The number of alkyl carbamates (subject to hydrolysis) is 2. The highest BCUT2D eigenvalue weighted by atomic mass is 16.6. The number of hydrogen-bond donors (Lipinski definition) is 2. The number of benzene rings is 3.